The van der Waals surface area contributed by atoms with Gasteiger partial charge in [0.1, 0.15) is 22.7 Å². The van der Waals surface area contributed by atoms with Crippen molar-refractivity contribution in [3.8, 4) is 17.2 Å². The number of hydrogen-bond donors (Lipinski definition) is 4. The van der Waals surface area contributed by atoms with Crippen LogP contribution in [0.5, 0.6) is 17.2 Å². The molecule has 1 rings (SSSR count). The van der Waals surface area contributed by atoms with Crippen molar-refractivity contribution in [2.75, 3.05) is 11.6 Å². The van der Waals surface area contributed by atoms with Crippen LogP contribution in [0.4, 0.5) is 5.69 Å². The third-order valence-electron chi connectivity index (χ3n) is 2.36. The molecule has 0 radical (unpaired) electrons. The number of unbranched alkanes of at least 4 members (excludes halogenated alkanes) is 1. The molecule has 0 heterocycles. The van der Waals surface area contributed by atoms with Crippen LogP contribution in [0, 0.1) is 0 Å². The van der Waals surface area contributed by atoms with Crippen LogP contribution in [-0.2, 0) is 0 Å². The third-order valence-corrected chi connectivity index (χ3v) is 2.63. The Morgan fingerprint density at radius 2 is 1.88 bits per heavy atom. The maximum Gasteiger partial charge on any atom is 0.170 e. The quantitative estimate of drug-likeness (QED) is 0.162. The molecule has 1 aromatic carbocycles. The van der Waals surface area contributed by atoms with E-state index in [-0.39, 0.29) is 17.7 Å². The number of benzene rings is 1. The molecule has 0 saturated carbocycles. The van der Waals surface area contributed by atoms with Crippen molar-refractivity contribution in [1.82, 2.24) is 0 Å². The molecule has 0 aliphatic rings. The molecule has 0 saturated heterocycles. The molecule has 0 amide bonds. The van der Waals surface area contributed by atoms with Gasteiger partial charge in [0.25, 0.3) is 0 Å². The SMILES string of the molecule is Nc1c(O)cc(O)c(C(=O)CCCCCl)c1O. The number of phenolic OH excluding ortho intramolecular Hbond substituents is 3. The smallest absolute Gasteiger partial charge is 0.170 e. The zero-order valence-corrected chi connectivity index (χ0v) is 9.87. The van der Waals surface area contributed by atoms with E-state index in [2.05, 4.69) is 0 Å². The second-order valence-corrected chi connectivity index (χ2v) is 4.00. The minimum atomic E-state index is -0.585. The molecule has 0 unspecified atom stereocenters. The average molecular weight is 260 g/mol. The Bertz CT molecular complexity index is 434. The Kier molecular flexibility index (Phi) is 4.45. The Morgan fingerprint density at radius 3 is 2.47 bits per heavy atom. The van der Waals surface area contributed by atoms with Gasteiger partial charge in [-0.25, -0.2) is 0 Å². The fourth-order valence-corrected chi connectivity index (χ4v) is 1.63. The lowest BCUT2D eigenvalue weighted by Gasteiger charge is -2.09. The number of aromatic hydroxyl groups is 3. The summed E-state index contributed by atoms with van der Waals surface area (Å²) in [6, 6.07) is 0.934. The van der Waals surface area contributed by atoms with Crippen molar-refractivity contribution in [1.29, 1.82) is 0 Å². The molecule has 17 heavy (non-hydrogen) atoms. The molecule has 0 spiro atoms. The van der Waals surface area contributed by atoms with E-state index in [4.69, 9.17) is 17.3 Å². The first-order valence-corrected chi connectivity index (χ1v) is 5.65. The highest BCUT2D eigenvalue weighted by Crippen LogP contribution is 2.40. The first-order chi connectivity index (χ1) is 7.99. The van der Waals surface area contributed by atoms with Crippen molar-refractivity contribution >= 4 is 23.1 Å². The van der Waals surface area contributed by atoms with E-state index < -0.39 is 23.0 Å². The van der Waals surface area contributed by atoms with Gasteiger partial charge < -0.3 is 21.1 Å². The number of ketones is 1. The maximum atomic E-state index is 11.7. The molecule has 0 aliphatic carbocycles. The largest absolute Gasteiger partial charge is 0.507 e. The molecule has 0 aliphatic heterocycles. The monoisotopic (exact) mass is 259 g/mol. The van der Waals surface area contributed by atoms with Crippen molar-refractivity contribution in [2.24, 2.45) is 0 Å². The third kappa shape index (κ3) is 2.94. The Hall–Kier alpha value is -1.62. The molecule has 0 aromatic heterocycles. The number of rotatable bonds is 5. The molecule has 0 fully saturated rings. The van der Waals surface area contributed by atoms with Crippen LogP contribution in [0.3, 0.4) is 0 Å². The summed E-state index contributed by atoms with van der Waals surface area (Å²) >= 11 is 5.48. The van der Waals surface area contributed by atoms with Gasteiger partial charge in [-0.15, -0.1) is 11.6 Å². The van der Waals surface area contributed by atoms with Crippen LogP contribution in [0.1, 0.15) is 29.6 Å². The second kappa shape index (κ2) is 5.63. The first kappa shape index (κ1) is 13.4. The number of nitrogens with two attached hydrogens (primary N) is 1. The fourth-order valence-electron chi connectivity index (χ4n) is 1.44. The molecule has 1 aromatic rings. The molecule has 0 bridgehead atoms. The van der Waals surface area contributed by atoms with Crippen molar-refractivity contribution in [3.05, 3.63) is 11.6 Å². The number of alkyl halides is 1. The predicted molar refractivity (Wildman–Crippen MR) is 64.8 cm³/mol. The van der Waals surface area contributed by atoms with Crippen LogP contribution in [0.25, 0.3) is 0 Å². The van der Waals surface area contributed by atoms with Crippen LogP contribution >= 0.6 is 11.6 Å². The molecular formula is C11H14ClNO4. The number of Topliss-reactive ketones (excluding diaryl/α,β-unsaturated/α-hetero) is 1. The van der Waals surface area contributed by atoms with E-state index >= 15 is 0 Å². The number of anilines is 1. The highest BCUT2D eigenvalue weighted by Gasteiger charge is 2.20. The highest BCUT2D eigenvalue weighted by atomic mass is 35.5. The van der Waals surface area contributed by atoms with Crippen LogP contribution < -0.4 is 5.73 Å². The second-order valence-electron chi connectivity index (χ2n) is 3.62. The van der Waals surface area contributed by atoms with E-state index in [1.165, 1.54) is 0 Å². The number of carbonyl (C=O) groups is 1. The van der Waals surface area contributed by atoms with E-state index in [1.807, 2.05) is 0 Å². The van der Waals surface area contributed by atoms with E-state index in [0.717, 1.165) is 6.07 Å². The number of phenols is 3. The van der Waals surface area contributed by atoms with Gasteiger partial charge in [0, 0.05) is 18.4 Å². The molecule has 0 atom stereocenters. The number of halogens is 1. The standard InChI is InChI=1S/C11H14ClNO4/c12-4-2-1-3-6(14)9-7(15)5-8(16)10(13)11(9)17/h5,15-17H,1-4,13H2. The minimum absolute atomic E-state index is 0.151. The predicted octanol–water partition coefficient (Wildman–Crippen LogP) is 1.98. The van der Waals surface area contributed by atoms with Crippen molar-refractivity contribution < 1.29 is 20.1 Å². The summed E-state index contributed by atoms with van der Waals surface area (Å²) in [5.41, 5.74) is 4.79. The van der Waals surface area contributed by atoms with Crippen molar-refractivity contribution in [3.63, 3.8) is 0 Å². The van der Waals surface area contributed by atoms with Gasteiger partial charge in [0.2, 0.25) is 0 Å². The van der Waals surface area contributed by atoms with Gasteiger partial charge in [0.15, 0.2) is 11.5 Å². The van der Waals surface area contributed by atoms with Crippen LogP contribution in [0.2, 0.25) is 0 Å². The summed E-state index contributed by atoms with van der Waals surface area (Å²) in [5.74, 6) is -1.51. The van der Waals surface area contributed by atoms with Gasteiger partial charge in [0.05, 0.1) is 0 Å². The molecule has 94 valence electrons. The molecule has 6 heteroatoms. The fraction of sp³-hybridized carbons (Fsp3) is 0.364. The zero-order valence-electron chi connectivity index (χ0n) is 9.11. The molecular weight excluding hydrogens is 246 g/mol. The lowest BCUT2D eigenvalue weighted by molar-refractivity contribution is 0.0974. The molecule has 5 nitrogen and oxygen atoms in total. The van der Waals surface area contributed by atoms with Gasteiger partial charge in [-0.2, -0.15) is 0 Å². The summed E-state index contributed by atoms with van der Waals surface area (Å²) in [6.45, 7) is 0. The van der Waals surface area contributed by atoms with Gasteiger partial charge >= 0.3 is 0 Å². The lowest BCUT2D eigenvalue weighted by atomic mass is 10.0. The normalized spacial score (nSPS) is 10.4. The summed E-state index contributed by atoms with van der Waals surface area (Å²) in [6.07, 6.45) is 1.38. The number of nitrogen functional groups attached to an aromatic ring is 1. The summed E-state index contributed by atoms with van der Waals surface area (Å²) in [5, 5.41) is 28.3. The number of hydrogen-bond acceptors (Lipinski definition) is 5. The first-order valence-electron chi connectivity index (χ1n) is 5.11. The van der Waals surface area contributed by atoms with E-state index in [0.29, 0.717) is 18.7 Å². The summed E-state index contributed by atoms with van der Waals surface area (Å²) < 4.78 is 0. The highest BCUT2D eigenvalue weighted by molar-refractivity contribution is 6.17. The summed E-state index contributed by atoms with van der Waals surface area (Å²) in [4.78, 5) is 11.7. The van der Waals surface area contributed by atoms with Gasteiger partial charge in [-0.3, -0.25) is 4.79 Å². The zero-order chi connectivity index (χ0) is 13.0. The van der Waals surface area contributed by atoms with Crippen molar-refractivity contribution in [2.45, 2.75) is 19.3 Å². The van der Waals surface area contributed by atoms with Gasteiger partial charge in [-0.1, -0.05) is 0 Å². The topological polar surface area (TPSA) is 104 Å². The Balaban J connectivity index is 2.97. The molecule has 5 N–H and O–H groups in total. The Labute approximate surface area is 103 Å². The maximum absolute atomic E-state index is 11.7. The van der Waals surface area contributed by atoms with E-state index in [9.17, 15) is 20.1 Å². The average Bonchev–Trinajstić information content (AvgIpc) is 2.26. The van der Waals surface area contributed by atoms with E-state index in [1.54, 1.807) is 0 Å². The Morgan fingerprint density at radius 1 is 1.24 bits per heavy atom. The lowest BCUT2D eigenvalue weighted by Crippen LogP contribution is -2.02. The van der Waals surface area contributed by atoms with Crippen LogP contribution in [-0.4, -0.2) is 27.0 Å². The van der Waals surface area contributed by atoms with Crippen LogP contribution in [0.15, 0.2) is 6.07 Å². The minimum Gasteiger partial charge on any atom is -0.507 e. The summed E-state index contributed by atoms with van der Waals surface area (Å²) in [7, 11) is 0. The number of carbonyl (C=O) groups excluding carboxylic acids is 1. The van der Waals surface area contributed by atoms with Gasteiger partial charge in [-0.05, 0) is 12.8 Å².